The summed E-state index contributed by atoms with van der Waals surface area (Å²) in [6.07, 6.45) is 4.22. The number of hydrogen-bond donors (Lipinski definition) is 0. The van der Waals surface area contributed by atoms with Crippen LogP contribution in [0.2, 0.25) is 0 Å². The molecule has 1 amide bonds. The highest BCUT2D eigenvalue weighted by Crippen LogP contribution is 2.33. The van der Waals surface area contributed by atoms with Crippen LogP contribution in [-0.4, -0.2) is 32.1 Å². The van der Waals surface area contributed by atoms with Crippen LogP contribution in [0.3, 0.4) is 0 Å². The van der Waals surface area contributed by atoms with E-state index in [9.17, 15) is 9.59 Å². The van der Waals surface area contributed by atoms with Gasteiger partial charge in [-0.2, -0.15) is 4.98 Å². The number of likely N-dealkylation sites (tertiary alicyclic amines) is 1. The van der Waals surface area contributed by atoms with Crippen LogP contribution in [0.1, 0.15) is 61.0 Å². The molecule has 0 radical (unpaired) electrons. The molecule has 0 spiro atoms. The molecule has 3 aromatic rings. The minimum Gasteiger partial charge on any atom is -0.337 e. The molecule has 1 aliphatic rings. The Balaban J connectivity index is 1.61. The lowest BCUT2D eigenvalue weighted by Gasteiger charge is -2.23. The highest BCUT2D eigenvalue weighted by atomic mass is 16.5. The number of nitrogens with zero attached hydrogens (tertiary/aromatic N) is 4. The first-order valence-corrected chi connectivity index (χ1v) is 10.9. The third-order valence-electron chi connectivity index (χ3n) is 5.81. The average Bonchev–Trinajstić information content (AvgIpc) is 3.43. The average molecular weight is 421 g/mol. The van der Waals surface area contributed by atoms with Crippen molar-refractivity contribution in [1.82, 2.24) is 19.6 Å². The van der Waals surface area contributed by atoms with Crippen molar-refractivity contribution in [2.75, 3.05) is 6.54 Å². The lowest BCUT2D eigenvalue weighted by Crippen LogP contribution is -2.37. The largest absolute Gasteiger partial charge is 0.337 e. The summed E-state index contributed by atoms with van der Waals surface area (Å²) in [5, 5.41) is 4.10. The second-order valence-corrected chi connectivity index (χ2v) is 8.53. The van der Waals surface area contributed by atoms with Gasteiger partial charge in [-0.1, -0.05) is 49.3 Å². The molecule has 4 rings (SSSR count). The molecule has 7 nitrogen and oxygen atoms in total. The summed E-state index contributed by atoms with van der Waals surface area (Å²) in [6.45, 7) is 7.21. The molecule has 1 fully saturated rings. The molecule has 1 aliphatic heterocycles. The van der Waals surface area contributed by atoms with Crippen LogP contribution < -0.4 is 5.56 Å². The SMILES string of the molecule is Cc1ccn(CCC(C)C)c(=O)c1C(=O)N1CCC[C@H]1c1nc(-c2ccccc2)no1. The standard InChI is InChI=1S/C24H28N4O3/c1-16(2)11-14-27-15-12-17(3)20(23(27)29)24(30)28-13-7-10-19(28)22-25-21(26-31-22)18-8-5-4-6-9-18/h4-6,8-9,12,15-16,19H,7,10-11,13-14H2,1-3H3/t19-/m0/s1. The maximum Gasteiger partial charge on any atom is 0.263 e. The highest BCUT2D eigenvalue weighted by molar-refractivity contribution is 5.95. The lowest BCUT2D eigenvalue weighted by atomic mass is 10.1. The summed E-state index contributed by atoms with van der Waals surface area (Å²) >= 11 is 0. The third-order valence-corrected chi connectivity index (χ3v) is 5.81. The van der Waals surface area contributed by atoms with Gasteiger partial charge in [0.15, 0.2) is 0 Å². The Hall–Kier alpha value is -3.22. The van der Waals surface area contributed by atoms with Crippen molar-refractivity contribution in [3.63, 3.8) is 0 Å². The summed E-state index contributed by atoms with van der Waals surface area (Å²) in [7, 11) is 0. The van der Waals surface area contributed by atoms with Crippen LogP contribution >= 0.6 is 0 Å². The maximum absolute atomic E-state index is 13.5. The van der Waals surface area contributed by atoms with Crippen molar-refractivity contribution >= 4 is 5.91 Å². The summed E-state index contributed by atoms with van der Waals surface area (Å²) < 4.78 is 7.17. The van der Waals surface area contributed by atoms with E-state index in [0.29, 0.717) is 36.3 Å². The van der Waals surface area contributed by atoms with Gasteiger partial charge >= 0.3 is 0 Å². The Bertz CT molecular complexity index is 1120. The number of aromatic nitrogens is 3. The number of aryl methyl sites for hydroxylation is 2. The van der Waals surface area contributed by atoms with Gasteiger partial charge in [0.2, 0.25) is 11.7 Å². The van der Waals surface area contributed by atoms with Gasteiger partial charge in [0.1, 0.15) is 11.6 Å². The zero-order chi connectivity index (χ0) is 22.0. The fraction of sp³-hybridized carbons (Fsp3) is 0.417. The summed E-state index contributed by atoms with van der Waals surface area (Å²) in [4.78, 5) is 32.8. The Morgan fingerprint density at radius 1 is 1.23 bits per heavy atom. The first kappa shape index (κ1) is 21.0. The summed E-state index contributed by atoms with van der Waals surface area (Å²) in [5.74, 6) is 1.13. The van der Waals surface area contributed by atoms with E-state index in [1.807, 2.05) is 43.3 Å². The molecule has 2 aromatic heterocycles. The molecular formula is C24H28N4O3. The van der Waals surface area contributed by atoms with Gasteiger partial charge in [-0.3, -0.25) is 9.59 Å². The second kappa shape index (κ2) is 8.88. The fourth-order valence-electron chi connectivity index (χ4n) is 3.98. The molecule has 0 aliphatic carbocycles. The molecule has 1 atom stereocenters. The van der Waals surface area contributed by atoms with Crippen LogP contribution in [0, 0.1) is 12.8 Å². The van der Waals surface area contributed by atoms with Gasteiger partial charge in [0.05, 0.1) is 0 Å². The summed E-state index contributed by atoms with van der Waals surface area (Å²) in [5.41, 5.74) is 1.56. The first-order valence-electron chi connectivity index (χ1n) is 10.9. The third kappa shape index (κ3) is 4.31. The highest BCUT2D eigenvalue weighted by Gasteiger charge is 2.36. The minimum absolute atomic E-state index is 0.230. The van der Waals surface area contributed by atoms with Gasteiger partial charge < -0.3 is 14.0 Å². The molecule has 7 heteroatoms. The van der Waals surface area contributed by atoms with Gasteiger partial charge in [0.25, 0.3) is 11.5 Å². The van der Waals surface area contributed by atoms with Crippen LogP contribution in [0.15, 0.2) is 51.9 Å². The predicted octanol–water partition coefficient (Wildman–Crippen LogP) is 4.23. The predicted molar refractivity (Wildman–Crippen MR) is 118 cm³/mol. The van der Waals surface area contributed by atoms with Crippen LogP contribution in [-0.2, 0) is 6.54 Å². The fourth-order valence-corrected chi connectivity index (χ4v) is 3.98. The normalized spacial score (nSPS) is 16.3. The number of benzene rings is 1. The van der Waals surface area contributed by atoms with Gasteiger partial charge in [-0.15, -0.1) is 0 Å². The van der Waals surface area contributed by atoms with Crippen molar-refractivity contribution in [2.24, 2.45) is 5.92 Å². The van der Waals surface area contributed by atoms with E-state index in [-0.39, 0.29) is 23.1 Å². The van der Waals surface area contributed by atoms with Gasteiger partial charge in [-0.05, 0) is 43.7 Å². The van der Waals surface area contributed by atoms with E-state index >= 15 is 0 Å². The van der Waals surface area contributed by atoms with E-state index in [1.54, 1.807) is 15.7 Å². The smallest absolute Gasteiger partial charge is 0.263 e. The molecule has 1 aromatic carbocycles. The van der Waals surface area contributed by atoms with E-state index in [0.717, 1.165) is 24.8 Å². The zero-order valence-corrected chi connectivity index (χ0v) is 18.2. The summed E-state index contributed by atoms with van der Waals surface area (Å²) in [6, 6.07) is 11.1. The van der Waals surface area contributed by atoms with E-state index in [2.05, 4.69) is 24.0 Å². The zero-order valence-electron chi connectivity index (χ0n) is 18.2. The molecule has 3 heterocycles. The Morgan fingerprint density at radius 2 is 2.00 bits per heavy atom. The number of hydrogen-bond acceptors (Lipinski definition) is 5. The number of pyridine rings is 1. The Morgan fingerprint density at radius 3 is 2.74 bits per heavy atom. The van der Waals surface area contributed by atoms with E-state index in [4.69, 9.17) is 4.52 Å². The molecule has 0 N–H and O–H groups in total. The van der Waals surface area contributed by atoms with Crippen molar-refractivity contribution in [1.29, 1.82) is 0 Å². The minimum atomic E-state index is -0.319. The number of carbonyl (C=O) groups is 1. The topological polar surface area (TPSA) is 81.2 Å². The number of carbonyl (C=O) groups excluding carboxylic acids is 1. The molecule has 0 unspecified atom stereocenters. The van der Waals surface area contributed by atoms with Crippen molar-refractivity contribution in [3.05, 3.63) is 70.0 Å². The Labute approximate surface area is 181 Å². The second-order valence-electron chi connectivity index (χ2n) is 8.53. The molecular weight excluding hydrogens is 392 g/mol. The number of amides is 1. The van der Waals surface area contributed by atoms with Crippen LogP contribution in [0.25, 0.3) is 11.4 Å². The lowest BCUT2D eigenvalue weighted by molar-refractivity contribution is 0.0706. The van der Waals surface area contributed by atoms with Crippen molar-refractivity contribution < 1.29 is 9.32 Å². The van der Waals surface area contributed by atoms with Crippen molar-refractivity contribution in [2.45, 2.75) is 52.6 Å². The maximum atomic E-state index is 13.5. The Kier molecular flexibility index (Phi) is 6.02. The van der Waals surface area contributed by atoms with Crippen LogP contribution in [0.4, 0.5) is 0 Å². The van der Waals surface area contributed by atoms with Gasteiger partial charge in [-0.25, -0.2) is 0 Å². The van der Waals surface area contributed by atoms with E-state index < -0.39 is 0 Å². The molecule has 1 saturated heterocycles. The van der Waals surface area contributed by atoms with E-state index in [1.165, 1.54) is 0 Å². The first-order chi connectivity index (χ1) is 15.0. The number of rotatable bonds is 6. The van der Waals surface area contributed by atoms with Crippen LogP contribution in [0.5, 0.6) is 0 Å². The molecule has 162 valence electrons. The monoisotopic (exact) mass is 420 g/mol. The van der Waals surface area contributed by atoms with Crippen molar-refractivity contribution in [3.8, 4) is 11.4 Å². The molecule has 0 bridgehead atoms. The quantitative estimate of drug-likeness (QED) is 0.596. The molecule has 31 heavy (non-hydrogen) atoms. The molecule has 0 saturated carbocycles. The van der Waals surface area contributed by atoms with Gasteiger partial charge in [0, 0.05) is 24.8 Å².